The minimum Gasteiger partial charge on any atom is -0.347 e. The molecule has 13 heteroatoms. The lowest BCUT2D eigenvalue weighted by Gasteiger charge is -2.29. The maximum Gasteiger partial charge on any atom is 0.250 e. The lowest BCUT2D eigenvalue weighted by atomic mass is 10.0. The second-order valence-corrected chi connectivity index (χ2v) is 12.0. The van der Waals surface area contributed by atoms with Crippen molar-refractivity contribution in [1.29, 1.82) is 0 Å². The number of carbonyl (C=O) groups is 4. The molecule has 0 spiro atoms. The first-order valence-corrected chi connectivity index (χ1v) is 15.4. The van der Waals surface area contributed by atoms with Gasteiger partial charge in [0.25, 0.3) is 0 Å². The van der Waals surface area contributed by atoms with Crippen molar-refractivity contribution in [1.82, 2.24) is 31.1 Å². The van der Waals surface area contributed by atoms with Gasteiger partial charge in [-0.05, 0) is 58.4 Å². The van der Waals surface area contributed by atoms with Gasteiger partial charge in [0.2, 0.25) is 23.6 Å². The smallest absolute Gasteiger partial charge is 0.250 e. The Morgan fingerprint density at radius 1 is 1.18 bits per heavy atom. The van der Waals surface area contributed by atoms with Gasteiger partial charge < -0.3 is 21.8 Å². The maximum absolute atomic E-state index is 14.1. The molecule has 2 aromatic heterocycles. The summed E-state index contributed by atoms with van der Waals surface area (Å²) in [6, 6.07) is 10.9. The monoisotopic (exact) mass is 614 g/mol. The van der Waals surface area contributed by atoms with Crippen LogP contribution in [0.3, 0.4) is 0 Å². The van der Waals surface area contributed by atoms with Gasteiger partial charge in [0.15, 0.2) is 5.82 Å². The summed E-state index contributed by atoms with van der Waals surface area (Å²) in [5.74, 6) is 4.58. The van der Waals surface area contributed by atoms with Crippen molar-refractivity contribution in [2.45, 2.75) is 63.7 Å². The Morgan fingerprint density at radius 2 is 1.98 bits per heavy atom. The fourth-order valence-electron chi connectivity index (χ4n) is 5.93. The van der Waals surface area contributed by atoms with Gasteiger partial charge in [0.1, 0.15) is 18.1 Å². The molecular formula is C31H34N8O4S. The second-order valence-electron chi connectivity index (χ2n) is 11.1. The van der Waals surface area contributed by atoms with Gasteiger partial charge in [-0.3, -0.25) is 24.1 Å². The molecule has 3 atom stereocenters. The van der Waals surface area contributed by atoms with Crippen LogP contribution in [0.5, 0.6) is 0 Å². The van der Waals surface area contributed by atoms with Crippen molar-refractivity contribution < 1.29 is 19.2 Å². The molecule has 0 fully saturated rings. The molecule has 44 heavy (non-hydrogen) atoms. The van der Waals surface area contributed by atoms with Crippen molar-refractivity contribution >= 4 is 50.7 Å². The summed E-state index contributed by atoms with van der Waals surface area (Å²) in [7, 11) is 0. The molecule has 2 aromatic carbocycles. The van der Waals surface area contributed by atoms with Gasteiger partial charge >= 0.3 is 0 Å². The molecule has 0 bridgehead atoms. The minimum absolute atomic E-state index is 0.103. The third-order valence-corrected chi connectivity index (χ3v) is 9.37. The first-order valence-electron chi connectivity index (χ1n) is 14.6. The van der Waals surface area contributed by atoms with Crippen LogP contribution in [-0.4, -0.2) is 56.9 Å². The Balaban J connectivity index is 1.18. The molecule has 0 saturated carbocycles. The van der Waals surface area contributed by atoms with Crippen LogP contribution in [0.25, 0.3) is 10.1 Å². The highest BCUT2D eigenvalue weighted by atomic mass is 32.1. The van der Waals surface area contributed by atoms with Crippen molar-refractivity contribution in [3.05, 3.63) is 82.5 Å². The fourth-order valence-corrected chi connectivity index (χ4v) is 6.89. The number of H-pyrrole nitrogens is 1. The summed E-state index contributed by atoms with van der Waals surface area (Å²) in [6.07, 6.45) is 1.80. The van der Waals surface area contributed by atoms with E-state index in [9.17, 15) is 19.2 Å². The van der Waals surface area contributed by atoms with Crippen molar-refractivity contribution in [3.8, 4) is 0 Å². The lowest BCUT2D eigenvalue weighted by molar-refractivity contribution is -0.131. The molecule has 4 heterocycles. The number of fused-ring (bicyclic) bond motifs is 1. The summed E-state index contributed by atoms with van der Waals surface area (Å²) in [5, 5.41) is 17.9. The molecule has 0 unspecified atom stereocenters. The van der Waals surface area contributed by atoms with Crippen molar-refractivity contribution in [2.75, 3.05) is 10.7 Å². The lowest BCUT2D eigenvalue weighted by Crippen LogP contribution is -2.57. The summed E-state index contributed by atoms with van der Waals surface area (Å²) in [5.41, 5.74) is 3.97. The average molecular weight is 615 g/mol. The van der Waals surface area contributed by atoms with E-state index in [0.717, 1.165) is 32.5 Å². The standard InChI is InChI=1S/C31H34N8O4S/c1-3-17(2)27(35-26(40)14-20-16-44-24-10-5-4-9-21(20)24)30(42)34-22-12-11-18-7-6-8-19-13-23(38(28(18)19)31(22)43)29(41)33-15-25-36-37-39(25)32/h4-10,16,22-23,27,37H,2-3,11-15,32H2,1H3,(H,33,41)(H,34,42)(H,35,40)/t22-,23-,27-/m0/s1. The van der Waals surface area contributed by atoms with Crippen LogP contribution in [0.2, 0.25) is 0 Å². The van der Waals surface area contributed by atoms with Gasteiger partial charge in [-0.2, -0.15) is 10.0 Å². The van der Waals surface area contributed by atoms with Gasteiger partial charge in [0, 0.05) is 11.1 Å². The molecule has 4 amide bonds. The number of rotatable bonds is 10. The number of nitrogens with zero attached hydrogens (tertiary/aromatic N) is 3. The number of aromatic nitrogens is 3. The van der Waals surface area contributed by atoms with Gasteiger partial charge in [-0.15, -0.1) is 16.4 Å². The quantitative estimate of drug-likeness (QED) is 0.135. The average Bonchev–Trinajstić information content (AvgIpc) is 3.58. The summed E-state index contributed by atoms with van der Waals surface area (Å²) < 4.78 is 1.09. The highest BCUT2D eigenvalue weighted by molar-refractivity contribution is 7.17. The fraction of sp³-hybridized carbons (Fsp3) is 0.323. The number of aryl methyl sites for hydroxylation is 1. The van der Waals surface area contributed by atoms with Gasteiger partial charge in [-0.25, -0.2) is 0 Å². The second kappa shape index (κ2) is 12.0. The first kappa shape index (κ1) is 29.2. The Bertz CT molecular complexity index is 1770. The van der Waals surface area contributed by atoms with Crippen LogP contribution in [-0.2, 0) is 45.0 Å². The molecule has 6 N–H and O–H groups in total. The van der Waals surface area contributed by atoms with E-state index in [2.05, 4.69) is 32.8 Å². The topological polar surface area (TPSA) is 167 Å². The summed E-state index contributed by atoms with van der Waals surface area (Å²) in [4.78, 5) is 57.0. The Hall–Kier alpha value is -4.91. The third-order valence-electron chi connectivity index (χ3n) is 8.35. The number of hydrogen-bond acceptors (Lipinski definition) is 7. The number of nitrogens with one attached hydrogen (secondary N) is 4. The molecule has 4 aromatic rings. The summed E-state index contributed by atoms with van der Waals surface area (Å²) in [6.45, 7) is 6.00. The highest BCUT2D eigenvalue weighted by Crippen LogP contribution is 2.39. The molecule has 6 rings (SSSR count). The van der Waals surface area contributed by atoms with Crippen molar-refractivity contribution in [3.63, 3.8) is 0 Å². The van der Waals surface area contributed by atoms with Crippen molar-refractivity contribution in [2.24, 2.45) is 0 Å². The van der Waals surface area contributed by atoms with Crippen LogP contribution in [0.15, 0.2) is 60.0 Å². The van der Waals surface area contributed by atoms with E-state index in [4.69, 9.17) is 5.84 Å². The van der Waals surface area contributed by atoms with E-state index in [1.165, 1.54) is 9.69 Å². The predicted molar refractivity (Wildman–Crippen MR) is 167 cm³/mol. The van der Waals surface area contributed by atoms with E-state index in [1.807, 2.05) is 54.8 Å². The number of thiophene rings is 1. The van der Waals surface area contributed by atoms with Gasteiger partial charge in [-0.1, -0.05) is 49.9 Å². The number of hydrogen-bond donors (Lipinski definition) is 5. The van der Waals surface area contributed by atoms with E-state index in [0.29, 0.717) is 37.1 Å². The number of benzene rings is 2. The molecule has 12 nitrogen and oxygen atoms in total. The molecule has 228 valence electrons. The number of nitrogens with two attached hydrogens (primary N) is 1. The first-order chi connectivity index (χ1) is 21.2. The number of para-hydroxylation sites is 1. The maximum atomic E-state index is 14.1. The predicted octanol–water partition coefficient (Wildman–Crippen LogP) is 1.84. The van der Waals surface area contributed by atoms with E-state index in [1.54, 1.807) is 11.3 Å². The van der Waals surface area contributed by atoms with Crippen LogP contribution in [0.1, 0.15) is 42.3 Å². The molecule has 0 radical (unpaired) electrons. The van der Waals surface area contributed by atoms with Crippen LogP contribution in [0, 0.1) is 0 Å². The van der Waals surface area contributed by atoms with Crippen LogP contribution < -0.4 is 26.7 Å². The number of carbonyl (C=O) groups excluding carboxylic acids is 4. The number of anilines is 1. The molecule has 0 saturated heterocycles. The Morgan fingerprint density at radius 3 is 2.73 bits per heavy atom. The number of amides is 4. The molecule has 2 aliphatic heterocycles. The zero-order valence-electron chi connectivity index (χ0n) is 24.3. The Kier molecular flexibility index (Phi) is 7.95. The third kappa shape index (κ3) is 5.46. The minimum atomic E-state index is -1.01. The highest BCUT2D eigenvalue weighted by Gasteiger charge is 2.44. The zero-order valence-corrected chi connectivity index (χ0v) is 25.1. The largest absolute Gasteiger partial charge is 0.347 e. The zero-order chi connectivity index (χ0) is 31.0. The van der Waals surface area contributed by atoms with E-state index in [-0.39, 0.29) is 30.7 Å². The SMILES string of the molecule is C=C(CC)[C@H](NC(=O)Cc1csc2ccccc12)C(=O)N[C@H]1CCc2cccc3c2N(C1=O)[C@H](C(=O)NCc1n[nH]n1N)C3. The molecule has 0 aliphatic carbocycles. The normalized spacial score (nSPS) is 18.0. The van der Waals surface area contributed by atoms with Crippen LogP contribution >= 0.6 is 11.3 Å². The van der Waals surface area contributed by atoms with E-state index < -0.39 is 24.0 Å². The Labute approximate surface area is 257 Å². The molecule has 2 aliphatic rings. The molecular weight excluding hydrogens is 580 g/mol. The van der Waals surface area contributed by atoms with Gasteiger partial charge in [0.05, 0.1) is 18.7 Å². The number of nitrogen functional groups attached to an aromatic ring is 1. The van der Waals surface area contributed by atoms with E-state index >= 15 is 0 Å². The van der Waals surface area contributed by atoms with Crippen LogP contribution in [0.4, 0.5) is 5.69 Å². The summed E-state index contributed by atoms with van der Waals surface area (Å²) >= 11 is 1.57. The number of aromatic amines is 1.